The molecule has 0 spiro atoms. The molecule has 200 valence electrons. The van der Waals surface area contributed by atoms with E-state index in [0.717, 1.165) is 36.4 Å². The van der Waals surface area contributed by atoms with E-state index in [4.69, 9.17) is 16.3 Å². The molecule has 10 nitrogen and oxygen atoms in total. The summed E-state index contributed by atoms with van der Waals surface area (Å²) in [6, 6.07) is 22.4. The Bertz CT molecular complexity index is 1420. The van der Waals surface area contributed by atoms with Crippen LogP contribution in [0.5, 0.6) is 5.75 Å². The molecule has 3 aromatic carbocycles. The molecule has 0 atom stereocenters. The van der Waals surface area contributed by atoms with Crippen LogP contribution in [0.2, 0.25) is 0 Å². The fourth-order valence-corrected chi connectivity index (χ4v) is 4.06. The largest absolute Gasteiger partial charge is 0.497 e. The van der Waals surface area contributed by atoms with Crippen LogP contribution in [0, 0.1) is 0 Å². The van der Waals surface area contributed by atoms with Gasteiger partial charge in [0.15, 0.2) is 0 Å². The van der Waals surface area contributed by atoms with Crippen LogP contribution in [0.15, 0.2) is 72.8 Å². The molecule has 39 heavy (non-hydrogen) atoms. The van der Waals surface area contributed by atoms with Crippen molar-refractivity contribution in [2.75, 3.05) is 35.0 Å². The molecule has 1 fully saturated rings. The number of carbonyl (C=O) groups is 1. The molecule has 0 bridgehead atoms. The van der Waals surface area contributed by atoms with Crippen LogP contribution in [-0.4, -0.2) is 34.5 Å². The summed E-state index contributed by atoms with van der Waals surface area (Å²) in [7, 11) is 1.66. The highest BCUT2D eigenvalue weighted by Gasteiger charge is 2.28. The van der Waals surface area contributed by atoms with Gasteiger partial charge < -0.3 is 21.1 Å². The first-order chi connectivity index (χ1) is 19.0. The second-order valence-electron chi connectivity index (χ2n) is 9.48. The SMILES string of the molecule is COc1ccc(CCNc2nc(C3CC3)nc(N(N)Cc3ccc(C(=O)Nc4ccccc4N)cc3)n2)cc1. The normalized spacial score (nSPS) is 12.6. The van der Waals surface area contributed by atoms with Gasteiger partial charge in [0.2, 0.25) is 11.9 Å². The standard InChI is InChI=1S/C29H32N8O2/c1-39-23-14-8-19(9-15-23)16-17-32-28-34-26(21-12-13-21)35-29(36-28)37(31)18-20-6-10-22(11-7-20)27(38)33-25-5-3-2-4-24(25)30/h2-11,14-15,21H,12-13,16-18,30-31H2,1H3,(H,33,38)(H,32,34,35,36). The minimum absolute atomic E-state index is 0.235. The number of methoxy groups -OCH3 is 1. The van der Waals surface area contributed by atoms with Gasteiger partial charge in [-0.15, -0.1) is 0 Å². The number of benzene rings is 3. The average molecular weight is 525 g/mol. The minimum Gasteiger partial charge on any atom is -0.497 e. The number of para-hydroxylation sites is 2. The summed E-state index contributed by atoms with van der Waals surface area (Å²) < 4.78 is 5.22. The topological polar surface area (TPSA) is 144 Å². The maximum Gasteiger partial charge on any atom is 0.255 e. The summed E-state index contributed by atoms with van der Waals surface area (Å²) in [6.45, 7) is 1.04. The maximum absolute atomic E-state index is 12.6. The van der Waals surface area contributed by atoms with Crippen molar-refractivity contribution in [1.82, 2.24) is 15.0 Å². The van der Waals surface area contributed by atoms with Gasteiger partial charge in [0.1, 0.15) is 11.6 Å². The summed E-state index contributed by atoms with van der Waals surface area (Å²) in [5.41, 5.74) is 9.64. The molecule has 1 aliphatic rings. The van der Waals surface area contributed by atoms with Crippen molar-refractivity contribution in [2.24, 2.45) is 5.84 Å². The highest BCUT2D eigenvalue weighted by Crippen LogP contribution is 2.38. The number of rotatable bonds is 11. The molecule has 4 aromatic rings. The van der Waals surface area contributed by atoms with E-state index in [1.165, 1.54) is 10.6 Å². The molecule has 1 aromatic heterocycles. The van der Waals surface area contributed by atoms with Crippen molar-refractivity contribution < 1.29 is 9.53 Å². The van der Waals surface area contributed by atoms with E-state index in [2.05, 4.69) is 25.6 Å². The third kappa shape index (κ3) is 6.79. The summed E-state index contributed by atoms with van der Waals surface area (Å²) in [6.07, 6.45) is 2.95. The number of anilines is 4. The molecule has 0 radical (unpaired) electrons. The van der Waals surface area contributed by atoms with E-state index in [0.29, 0.717) is 47.8 Å². The van der Waals surface area contributed by atoms with Gasteiger partial charge >= 0.3 is 0 Å². The van der Waals surface area contributed by atoms with Crippen molar-refractivity contribution in [2.45, 2.75) is 31.7 Å². The number of nitrogens with two attached hydrogens (primary N) is 2. The number of ether oxygens (including phenoxy) is 1. The molecule has 6 N–H and O–H groups in total. The van der Waals surface area contributed by atoms with E-state index in [-0.39, 0.29) is 5.91 Å². The molecule has 1 heterocycles. The zero-order valence-corrected chi connectivity index (χ0v) is 21.8. The Balaban J connectivity index is 1.22. The van der Waals surface area contributed by atoms with Crippen molar-refractivity contribution in [1.29, 1.82) is 0 Å². The van der Waals surface area contributed by atoms with Gasteiger partial charge in [0, 0.05) is 18.0 Å². The first kappa shape index (κ1) is 25.9. The molecule has 1 saturated carbocycles. The lowest BCUT2D eigenvalue weighted by Crippen LogP contribution is -2.32. The average Bonchev–Trinajstić information content (AvgIpc) is 3.81. The van der Waals surface area contributed by atoms with Crippen LogP contribution in [0.4, 0.5) is 23.3 Å². The Labute approximate surface area is 227 Å². The Morgan fingerprint density at radius 1 is 0.974 bits per heavy atom. The van der Waals surface area contributed by atoms with Gasteiger partial charge in [0.05, 0.1) is 25.0 Å². The van der Waals surface area contributed by atoms with Gasteiger partial charge in [-0.1, -0.05) is 36.4 Å². The number of amides is 1. The van der Waals surface area contributed by atoms with Crippen molar-refractivity contribution in [3.05, 3.63) is 95.3 Å². The predicted molar refractivity (Wildman–Crippen MR) is 153 cm³/mol. The van der Waals surface area contributed by atoms with E-state index < -0.39 is 0 Å². The molecule has 0 unspecified atom stereocenters. The molecule has 1 aliphatic carbocycles. The first-order valence-corrected chi connectivity index (χ1v) is 12.9. The minimum atomic E-state index is -0.235. The third-order valence-electron chi connectivity index (χ3n) is 6.47. The zero-order valence-electron chi connectivity index (χ0n) is 21.8. The van der Waals surface area contributed by atoms with E-state index in [9.17, 15) is 4.79 Å². The van der Waals surface area contributed by atoms with Crippen LogP contribution in [-0.2, 0) is 13.0 Å². The van der Waals surface area contributed by atoms with Crippen LogP contribution >= 0.6 is 0 Å². The van der Waals surface area contributed by atoms with Crippen molar-refractivity contribution >= 4 is 29.2 Å². The number of nitrogens with zero attached hydrogens (tertiary/aromatic N) is 4. The highest BCUT2D eigenvalue weighted by atomic mass is 16.5. The van der Waals surface area contributed by atoms with Gasteiger partial charge in [0.25, 0.3) is 5.91 Å². The van der Waals surface area contributed by atoms with E-state index in [1.807, 2.05) is 48.5 Å². The Hall–Kier alpha value is -4.70. The second kappa shape index (κ2) is 11.8. The van der Waals surface area contributed by atoms with Gasteiger partial charge in [-0.2, -0.15) is 15.0 Å². The quantitative estimate of drug-likeness (QED) is 0.129. The maximum atomic E-state index is 12.6. The summed E-state index contributed by atoms with van der Waals surface area (Å²) in [4.78, 5) is 26.5. The number of hydrogen-bond acceptors (Lipinski definition) is 9. The van der Waals surface area contributed by atoms with Gasteiger partial charge in [-0.25, -0.2) is 5.84 Å². The van der Waals surface area contributed by atoms with Crippen LogP contribution in [0.25, 0.3) is 0 Å². The number of nitrogen functional groups attached to an aromatic ring is 1. The Morgan fingerprint density at radius 3 is 2.38 bits per heavy atom. The molecular formula is C29H32N8O2. The Morgan fingerprint density at radius 2 is 1.69 bits per heavy atom. The molecular weight excluding hydrogens is 492 g/mol. The first-order valence-electron chi connectivity index (χ1n) is 12.9. The summed E-state index contributed by atoms with van der Waals surface area (Å²) in [5, 5.41) is 7.66. The fraction of sp³-hybridized carbons (Fsp3) is 0.241. The monoisotopic (exact) mass is 524 g/mol. The number of hydrazine groups is 1. The zero-order chi connectivity index (χ0) is 27.2. The van der Waals surface area contributed by atoms with Crippen molar-refractivity contribution in [3.63, 3.8) is 0 Å². The van der Waals surface area contributed by atoms with Crippen LogP contribution in [0.3, 0.4) is 0 Å². The molecule has 0 aliphatic heterocycles. The highest BCUT2D eigenvalue weighted by molar-refractivity contribution is 6.05. The smallest absolute Gasteiger partial charge is 0.255 e. The predicted octanol–water partition coefficient (Wildman–Crippen LogP) is 4.13. The fourth-order valence-electron chi connectivity index (χ4n) is 4.06. The third-order valence-corrected chi connectivity index (χ3v) is 6.47. The number of hydrogen-bond donors (Lipinski definition) is 4. The Kier molecular flexibility index (Phi) is 7.83. The lowest BCUT2D eigenvalue weighted by atomic mass is 10.1. The summed E-state index contributed by atoms with van der Waals surface area (Å²) in [5.74, 6) is 9.02. The molecule has 1 amide bonds. The second-order valence-corrected chi connectivity index (χ2v) is 9.48. The lowest BCUT2D eigenvalue weighted by molar-refractivity contribution is 0.102. The summed E-state index contributed by atoms with van der Waals surface area (Å²) >= 11 is 0. The van der Waals surface area contributed by atoms with Gasteiger partial charge in [-0.3, -0.25) is 9.80 Å². The molecule has 5 rings (SSSR count). The number of carbonyl (C=O) groups excluding carboxylic acids is 1. The van der Waals surface area contributed by atoms with Gasteiger partial charge in [-0.05, 0) is 66.8 Å². The van der Waals surface area contributed by atoms with Crippen molar-refractivity contribution in [3.8, 4) is 5.75 Å². The number of nitrogens with one attached hydrogen (secondary N) is 2. The number of aromatic nitrogens is 3. The van der Waals surface area contributed by atoms with E-state index >= 15 is 0 Å². The molecule has 10 heteroatoms. The lowest BCUT2D eigenvalue weighted by Gasteiger charge is -2.18. The van der Waals surface area contributed by atoms with Crippen LogP contribution < -0.4 is 32.0 Å². The van der Waals surface area contributed by atoms with Crippen LogP contribution in [0.1, 0.15) is 46.1 Å². The van der Waals surface area contributed by atoms with E-state index in [1.54, 1.807) is 31.4 Å². The molecule has 0 saturated heterocycles.